The molecule has 5 atom stereocenters. The minimum absolute atomic E-state index is 0.0612. The molecule has 0 bridgehead atoms. The van der Waals surface area contributed by atoms with Crippen molar-refractivity contribution in [3.05, 3.63) is 70.5 Å². The first-order chi connectivity index (χ1) is 20.5. The lowest BCUT2D eigenvalue weighted by molar-refractivity contribution is -0.210. The second kappa shape index (κ2) is 12.2. The van der Waals surface area contributed by atoms with Gasteiger partial charge in [0.05, 0.1) is 42.1 Å². The molecule has 3 saturated heterocycles. The average Bonchev–Trinajstić information content (AvgIpc) is 3.17. The predicted octanol–water partition coefficient (Wildman–Crippen LogP) is 7.34. The molecule has 2 unspecified atom stereocenters. The van der Waals surface area contributed by atoms with Gasteiger partial charge in [-0.25, -0.2) is 4.39 Å². The molecule has 0 saturated carbocycles. The van der Waals surface area contributed by atoms with Crippen molar-refractivity contribution in [2.24, 2.45) is 11.3 Å². The minimum Gasteiger partial charge on any atom is -0.389 e. The molecule has 12 heteroatoms. The van der Waals surface area contributed by atoms with Crippen molar-refractivity contribution in [1.82, 2.24) is 4.90 Å². The van der Waals surface area contributed by atoms with Crippen LogP contribution in [0.5, 0.6) is 0 Å². The van der Waals surface area contributed by atoms with Gasteiger partial charge in [-0.3, -0.25) is 0 Å². The molecule has 2 aromatic rings. The second-order valence-electron chi connectivity index (χ2n) is 12.9. The summed E-state index contributed by atoms with van der Waals surface area (Å²) in [5.41, 5.74) is -3.34. The number of halogens is 7. The number of ether oxygens (including phenoxy) is 3. The molecule has 3 aliphatic heterocycles. The Morgan fingerprint density at radius 1 is 0.977 bits per heavy atom. The van der Waals surface area contributed by atoms with Crippen LogP contribution >= 0.6 is 0 Å². The molecular weight excluding hydrogens is 595 g/mol. The molecule has 2 aromatic carbocycles. The molecular formula is C32H38F7NO4. The molecule has 5 rings (SSSR count). The van der Waals surface area contributed by atoms with Crippen LogP contribution < -0.4 is 0 Å². The van der Waals surface area contributed by atoms with E-state index in [4.69, 9.17) is 14.2 Å². The van der Waals surface area contributed by atoms with Gasteiger partial charge in [-0.2, -0.15) is 26.3 Å². The standard InChI is InChI=1S/C32H38F7NO4/c1-19(22-14-23(31(34,35)36)16-24(15-22)32(37,38)39)44-27-26(20-4-6-25(33)7-5-20)21(8-13-42-27)17-40-11-9-30(10-12-40)18-43-29(2,3)28(30)41/h4-7,14-16,19,21,26-28,41H,8-13,17-18H2,1-3H3/t19-,21?,26-,27-,28?/m1/s1. The maximum atomic E-state index is 13.9. The summed E-state index contributed by atoms with van der Waals surface area (Å²) in [6.45, 7) is 7.99. The van der Waals surface area contributed by atoms with Gasteiger partial charge < -0.3 is 24.2 Å². The third-order valence-electron chi connectivity index (χ3n) is 9.56. The first-order valence-electron chi connectivity index (χ1n) is 14.8. The number of aliphatic hydroxyl groups excluding tert-OH is 1. The van der Waals surface area contributed by atoms with Gasteiger partial charge in [0, 0.05) is 17.9 Å². The molecule has 1 spiro atoms. The third kappa shape index (κ3) is 6.94. The topological polar surface area (TPSA) is 51.2 Å². The number of hydrogen-bond acceptors (Lipinski definition) is 5. The number of likely N-dealkylation sites (tertiary alicyclic amines) is 1. The van der Waals surface area contributed by atoms with Crippen LogP contribution in [0, 0.1) is 17.2 Å². The van der Waals surface area contributed by atoms with E-state index in [1.807, 2.05) is 13.8 Å². The van der Waals surface area contributed by atoms with E-state index in [0.717, 1.165) is 25.9 Å². The van der Waals surface area contributed by atoms with Gasteiger partial charge in [0.15, 0.2) is 6.29 Å². The van der Waals surface area contributed by atoms with Gasteiger partial charge in [0.1, 0.15) is 5.82 Å². The molecule has 3 aliphatic rings. The fourth-order valence-corrected chi connectivity index (χ4v) is 6.93. The Morgan fingerprint density at radius 2 is 1.57 bits per heavy atom. The summed E-state index contributed by atoms with van der Waals surface area (Å²) in [4.78, 5) is 2.29. The molecule has 3 heterocycles. The normalized spacial score (nSPS) is 28.3. The van der Waals surface area contributed by atoms with Gasteiger partial charge in [-0.1, -0.05) is 12.1 Å². The van der Waals surface area contributed by atoms with Crippen LogP contribution in [0.1, 0.15) is 74.3 Å². The van der Waals surface area contributed by atoms with Crippen LogP contribution in [0.4, 0.5) is 30.7 Å². The Hall–Kier alpha value is -2.25. The van der Waals surface area contributed by atoms with Crippen LogP contribution in [0.25, 0.3) is 0 Å². The molecule has 0 radical (unpaired) electrons. The Labute approximate surface area is 252 Å². The highest BCUT2D eigenvalue weighted by Crippen LogP contribution is 2.47. The highest BCUT2D eigenvalue weighted by Gasteiger charge is 2.54. The number of alkyl halides is 6. The smallest absolute Gasteiger partial charge is 0.389 e. The zero-order chi connectivity index (χ0) is 32.1. The summed E-state index contributed by atoms with van der Waals surface area (Å²) in [5, 5.41) is 11.0. The van der Waals surface area contributed by atoms with Crippen molar-refractivity contribution in [1.29, 1.82) is 0 Å². The quantitative estimate of drug-likeness (QED) is 0.338. The zero-order valence-corrected chi connectivity index (χ0v) is 24.8. The Balaban J connectivity index is 1.36. The lowest BCUT2D eigenvalue weighted by atomic mass is 9.71. The number of aliphatic hydroxyl groups is 1. The Morgan fingerprint density at radius 3 is 2.09 bits per heavy atom. The summed E-state index contributed by atoms with van der Waals surface area (Å²) < 4.78 is 113. The molecule has 0 amide bonds. The van der Waals surface area contributed by atoms with E-state index in [9.17, 15) is 35.8 Å². The first-order valence-corrected chi connectivity index (χ1v) is 14.8. The molecule has 0 aliphatic carbocycles. The van der Waals surface area contributed by atoms with E-state index < -0.39 is 59.3 Å². The van der Waals surface area contributed by atoms with Crippen LogP contribution in [0.2, 0.25) is 0 Å². The summed E-state index contributed by atoms with van der Waals surface area (Å²) in [6.07, 6.45) is -10.6. The first kappa shape index (κ1) is 33.1. The largest absolute Gasteiger partial charge is 0.416 e. The fraction of sp³-hybridized carbons (Fsp3) is 0.625. The number of hydrogen-bond donors (Lipinski definition) is 1. The van der Waals surface area contributed by atoms with Gasteiger partial charge >= 0.3 is 12.4 Å². The van der Waals surface area contributed by atoms with E-state index in [1.165, 1.54) is 19.1 Å². The van der Waals surface area contributed by atoms with Crippen LogP contribution in [-0.2, 0) is 26.6 Å². The third-order valence-corrected chi connectivity index (χ3v) is 9.56. The molecule has 44 heavy (non-hydrogen) atoms. The van der Waals surface area contributed by atoms with E-state index in [0.29, 0.717) is 37.3 Å². The lowest BCUT2D eigenvalue weighted by Gasteiger charge is -2.45. The summed E-state index contributed by atoms with van der Waals surface area (Å²) in [6, 6.07) is 7.24. The molecule has 1 N–H and O–H groups in total. The molecule has 5 nitrogen and oxygen atoms in total. The predicted molar refractivity (Wildman–Crippen MR) is 147 cm³/mol. The van der Waals surface area contributed by atoms with E-state index in [-0.39, 0.29) is 29.6 Å². The van der Waals surface area contributed by atoms with Crippen molar-refractivity contribution in [3.63, 3.8) is 0 Å². The van der Waals surface area contributed by atoms with E-state index in [2.05, 4.69) is 4.90 Å². The van der Waals surface area contributed by atoms with Gasteiger partial charge in [0.2, 0.25) is 0 Å². The van der Waals surface area contributed by atoms with Gasteiger partial charge in [0.25, 0.3) is 0 Å². The maximum Gasteiger partial charge on any atom is 0.416 e. The number of nitrogens with zero attached hydrogens (tertiary/aromatic N) is 1. The highest BCUT2D eigenvalue weighted by atomic mass is 19.4. The average molecular weight is 634 g/mol. The summed E-state index contributed by atoms with van der Waals surface area (Å²) >= 11 is 0. The summed E-state index contributed by atoms with van der Waals surface area (Å²) in [7, 11) is 0. The monoisotopic (exact) mass is 633 g/mol. The van der Waals surface area contributed by atoms with E-state index >= 15 is 0 Å². The maximum absolute atomic E-state index is 13.9. The number of benzene rings is 2. The van der Waals surface area contributed by atoms with Gasteiger partial charge in [-0.15, -0.1) is 0 Å². The summed E-state index contributed by atoms with van der Waals surface area (Å²) in [5.74, 6) is -0.970. The van der Waals surface area contributed by atoms with Crippen molar-refractivity contribution in [2.45, 2.75) is 82.4 Å². The Kier molecular flexibility index (Phi) is 9.16. The van der Waals surface area contributed by atoms with Crippen LogP contribution in [0.15, 0.2) is 42.5 Å². The van der Waals surface area contributed by atoms with E-state index in [1.54, 1.807) is 12.1 Å². The molecule has 3 fully saturated rings. The fourth-order valence-electron chi connectivity index (χ4n) is 6.93. The van der Waals surface area contributed by atoms with Crippen LogP contribution in [0.3, 0.4) is 0 Å². The van der Waals surface area contributed by atoms with Crippen LogP contribution in [-0.4, -0.2) is 60.8 Å². The molecule has 244 valence electrons. The lowest BCUT2D eigenvalue weighted by Crippen LogP contribution is -2.51. The minimum atomic E-state index is -4.98. The van der Waals surface area contributed by atoms with Crippen molar-refractivity contribution in [2.75, 3.05) is 32.8 Å². The van der Waals surface area contributed by atoms with Gasteiger partial charge in [-0.05, 0) is 100 Å². The molecule has 0 aromatic heterocycles. The highest BCUT2D eigenvalue weighted by molar-refractivity contribution is 5.35. The SMILES string of the molecule is C[C@@H](O[C@H]1OCCC(CN2CCC3(CC2)COC(C)(C)C3O)[C@H]1c1ccc(F)cc1)c1cc(C(F)(F)F)cc(C(F)(F)F)c1. The van der Waals surface area contributed by atoms with Crippen molar-refractivity contribution < 1.29 is 50.1 Å². The van der Waals surface area contributed by atoms with Crippen molar-refractivity contribution >= 4 is 0 Å². The Bertz CT molecular complexity index is 1260. The zero-order valence-electron chi connectivity index (χ0n) is 24.8. The number of piperidine rings is 1. The number of rotatable bonds is 6. The second-order valence-corrected chi connectivity index (χ2v) is 12.9. The van der Waals surface area contributed by atoms with Crippen molar-refractivity contribution in [3.8, 4) is 0 Å².